The van der Waals surface area contributed by atoms with Crippen molar-refractivity contribution >= 4 is 15.9 Å². The van der Waals surface area contributed by atoms with E-state index < -0.39 is 0 Å². The van der Waals surface area contributed by atoms with E-state index in [4.69, 9.17) is 0 Å². The molecule has 1 aliphatic rings. The van der Waals surface area contributed by atoms with Crippen LogP contribution >= 0.6 is 15.9 Å². The van der Waals surface area contributed by atoms with Gasteiger partial charge in [0.2, 0.25) is 0 Å². The number of nitrogens with zero attached hydrogens (tertiary/aromatic N) is 2. The van der Waals surface area contributed by atoms with Crippen molar-refractivity contribution in [3.63, 3.8) is 0 Å². The summed E-state index contributed by atoms with van der Waals surface area (Å²) in [6.45, 7) is 5.51. The molecule has 0 amide bonds. The number of aliphatic hydroxyl groups excluding tert-OH is 1. The highest BCUT2D eigenvalue weighted by Crippen LogP contribution is 2.31. The van der Waals surface area contributed by atoms with Crippen LogP contribution in [0.1, 0.15) is 44.1 Å². The molecular weight excluding hydrogens is 268 g/mol. The largest absolute Gasteiger partial charge is 0.396 e. The molecule has 1 unspecified atom stereocenters. The minimum absolute atomic E-state index is 0.156. The van der Waals surface area contributed by atoms with Gasteiger partial charge in [0.25, 0.3) is 0 Å². The summed E-state index contributed by atoms with van der Waals surface area (Å²) in [5.41, 5.74) is 1.31. The Hall–Kier alpha value is -0.350. The lowest BCUT2D eigenvalue weighted by molar-refractivity contribution is 0.227. The third-order valence-corrected chi connectivity index (χ3v) is 4.07. The molecular formula is C12H19BrN2O. The second kappa shape index (κ2) is 4.88. The third kappa shape index (κ3) is 2.05. The molecule has 0 spiro atoms. The standard InChI is InChI=1S/C12H19BrN2O/c1-8(2)9(7-16)12-14-11(13)10-5-3-4-6-15(10)12/h8-9,16H,3-7H2,1-2H3. The van der Waals surface area contributed by atoms with E-state index in [-0.39, 0.29) is 12.5 Å². The minimum atomic E-state index is 0.156. The number of halogens is 1. The minimum Gasteiger partial charge on any atom is -0.396 e. The molecule has 2 rings (SSSR count). The molecule has 0 fully saturated rings. The smallest absolute Gasteiger partial charge is 0.127 e. The van der Waals surface area contributed by atoms with E-state index in [9.17, 15) is 5.11 Å². The highest BCUT2D eigenvalue weighted by atomic mass is 79.9. The SMILES string of the molecule is CC(C)C(CO)c1nc(Br)c2n1CCCC2. The summed E-state index contributed by atoms with van der Waals surface area (Å²) in [5, 5.41) is 9.49. The number of rotatable bonds is 3. The van der Waals surface area contributed by atoms with Crippen LogP contribution in [0.2, 0.25) is 0 Å². The van der Waals surface area contributed by atoms with Gasteiger partial charge in [-0.25, -0.2) is 4.98 Å². The Kier molecular flexibility index (Phi) is 3.70. The van der Waals surface area contributed by atoms with Crippen molar-refractivity contribution in [2.45, 2.75) is 45.6 Å². The lowest BCUT2D eigenvalue weighted by Gasteiger charge is -2.22. The predicted molar refractivity (Wildman–Crippen MR) is 67.5 cm³/mol. The highest BCUT2D eigenvalue weighted by molar-refractivity contribution is 9.10. The molecule has 3 nitrogen and oxygen atoms in total. The summed E-state index contributed by atoms with van der Waals surface area (Å²) in [4.78, 5) is 4.60. The monoisotopic (exact) mass is 286 g/mol. The van der Waals surface area contributed by atoms with Crippen LogP contribution in [0.4, 0.5) is 0 Å². The van der Waals surface area contributed by atoms with Crippen LogP contribution in [0, 0.1) is 5.92 Å². The summed E-state index contributed by atoms with van der Waals surface area (Å²) < 4.78 is 3.27. The van der Waals surface area contributed by atoms with E-state index in [0.717, 1.165) is 23.4 Å². The zero-order valence-corrected chi connectivity index (χ0v) is 11.5. The Labute approximate surface area is 105 Å². The number of imidazole rings is 1. The van der Waals surface area contributed by atoms with E-state index in [2.05, 4.69) is 39.3 Å². The zero-order valence-electron chi connectivity index (χ0n) is 9.91. The number of fused-ring (bicyclic) bond motifs is 1. The second-order valence-corrected chi connectivity index (χ2v) is 5.60. The van der Waals surface area contributed by atoms with Crippen LogP contribution in [-0.2, 0) is 13.0 Å². The fourth-order valence-corrected chi connectivity index (χ4v) is 2.99. The van der Waals surface area contributed by atoms with Crippen LogP contribution in [0.3, 0.4) is 0 Å². The second-order valence-electron chi connectivity index (χ2n) is 4.85. The van der Waals surface area contributed by atoms with Gasteiger partial charge in [0.05, 0.1) is 12.3 Å². The Morgan fingerprint density at radius 2 is 2.19 bits per heavy atom. The van der Waals surface area contributed by atoms with E-state index in [0.29, 0.717) is 5.92 Å². The van der Waals surface area contributed by atoms with Gasteiger partial charge in [-0.05, 0) is 41.1 Å². The molecule has 0 saturated heterocycles. The number of aromatic nitrogens is 2. The van der Waals surface area contributed by atoms with Gasteiger partial charge in [-0.2, -0.15) is 0 Å². The van der Waals surface area contributed by atoms with Gasteiger partial charge >= 0.3 is 0 Å². The first kappa shape index (κ1) is 12.1. The maximum absolute atomic E-state index is 9.49. The number of hydrogen-bond donors (Lipinski definition) is 1. The quantitative estimate of drug-likeness (QED) is 0.928. The van der Waals surface area contributed by atoms with Gasteiger partial charge in [-0.3, -0.25) is 0 Å². The molecule has 1 N–H and O–H groups in total. The summed E-state index contributed by atoms with van der Waals surface area (Å²) >= 11 is 3.54. The average molecular weight is 287 g/mol. The molecule has 0 bridgehead atoms. The normalized spacial score (nSPS) is 17.6. The van der Waals surface area contributed by atoms with Crippen molar-refractivity contribution in [3.05, 3.63) is 16.1 Å². The molecule has 1 aromatic heterocycles. The van der Waals surface area contributed by atoms with Gasteiger partial charge < -0.3 is 9.67 Å². The summed E-state index contributed by atoms with van der Waals surface area (Å²) in [7, 11) is 0. The first-order chi connectivity index (χ1) is 7.65. The Morgan fingerprint density at radius 1 is 1.44 bits per heavy atom. The van der Waals surface area contributed by atoms with Crippen molar-refractivity contribution < 1.29 is 5.11 Å². The molecule has 0 saturated carbocycles. The predicted octanol–water partition coefficient (Wildman–Crippen LogP) is 2.71. The molecule has 90 valence electrons. The van der Waals surface area contributed by atoms with Crippen molar-refractivity contribution in [1.29, 1.82) is 0 Å². The molecule has 0 aliphatic carbocycles. The van der Waals surface area contributed by atoms with Crippen LogP contribution in [0.15, 0.2) is 4.60 Å². The molecule has 2 heterocycles. The van der Waals surface area contributed by atoms with Gasteiger partial charge in [0, 0.05) is 12.5 Å². The highest BCUT2D eigenvalue weighted by Gasteiger charge is 2.25. The molecule has 1 atom stereocenters. The van der Waals surface area contributed by atoms with Gasteiger partial charge in [-0.15, -0.1) is 0 Å². The van der Waals surface area contributed by atoms with Gasteiger partial charge in [-0.1, -0.05) is 13.8 Å². The summed E-state index contributed by atoms with van der Waals surface area (Å²) in [6.07, 6.45) is 3.57. The van der Waals surface area contributed by atoms with Crippen molar-refractivity contribution in [3.8, 4) is 0 Å². The maximum Gasteiger partial charge on any atom is 0.127 e. The van der Waals surface area contributed by atoms with Crippen molar-refractivity contribution in [2.75, 3.05) is 6.61 Å². The van der Waals surface area contributed by atoms with Gasteiger partial charge in [0.1, 0.15) is 10.4 Å². The lowest BCUT2D eigenvalue weighted by Crippen LogP contribution is -2.20. The Balaban J connectivity index is 2.40. The summed E-state index contributed by atoms with van der Waals surface area (Å²) in [6, 6.07) is 0. The molecule has 4 heteroatoms. The maximum atomic E-state index is 9.49. The van der Waals surface area contributed by atoms with E-state index >= 15 is 0 Å². The van der Waals surface area contributed by atoms with Crippen LogP contribution in [0.5, 0.6) is 0 Å². The van der Waals surface area contributed by atoms with Crippen LogP contribution in [-0.4, -0.2) is 21.3 Å². The fraction of sp³-hybridized carbons (Fsp3) is 0.750. The lowest BCUT2D eigenvalue weighted by atomic mass is 9.95. The molecule has 16 heavy (non-hydrogen) atoms. The Morgan fingerprint density at radius 3 is 2.81 bits per heavy atom. The average Bonchev–Trinajstić information content (AvgIpc) is 2.58. The fourth-order valence-electron chi connectivity index (χ4n) is 2.40. The van der Waals surface area contributed by atoms with Crippen molar-refractivity contribution in [2.24, 2.45) is 5.92 Å². The molecule has 1 aromatic rings. The first-order valence-corrected chi connectivity index (χ1v) is 6.80. The zero-order chi connectivity index (χ0) is 11.7. The first-order valence-electron chi connectivity index (χ1n) is 6.00. The molecule has 0 radical (unpaired) electrons. The van der Waals surface area contributed by atoms with E-state index in [1.54, 1.807) is 0 Å². The molecule has 1 aliphatic heterocycles. The van der Waals surface area contributed by atoms with E-state index in [1.807, 2.05) is 0 Å². The van der Waals surface area contributed by atoms with Crippen LogP contribution < -0.4 is 0 Å². The van der Waals surface area contributed by atoms with Gasteiger partial charge in [0.15, 0.2) is 0 Å². The third-order valence-electron chi connectivity index (χ3n) is 3.43. The molecule has 0 aromatic carbocycles. The Bertz CT molecular complexity index is 373. The topological polar surface area (TPSA) is 38.1 Å². The van der Waals surface area contributed by atoms with Crippen molar-refractivity contribution in [1.82, 2.24) is 9.55 Å². The number of hydrogen-bond acceptors (Lipinski definition) is 2. The van der Waals surface area contributed by atoms with E-state index in [1.165, 1.54) is 18.5 Å². The summed E-state index contributed by atoms with van der Waals surface area (Å²) in [5.74, 6) is 1.63. The number of aliphatic hydroxyl groups is 1. The van der Waals surface area contributed by atoms with Crippen LogP contribution in [0.25, 0.3) is 0 Å².